The lowest BCUT2D eigenvalue weighted by Crippen LogP contribution is -2.71. The van der Waals surface area contributed by atoms with Crippen LogP contribution >= 0.6 is 0 Å². The molecule has 3 atom stereocenters. The molecule has 100 valence electrons. The van der Waals surface area contributed by atoms with E-state index < -0.39 is 23.7 Å². The average molecular weight is 254 g/mol. The maximum absolute atomic E-state index is 12.8. The van der Waals surface area contributed by atoms with Gasteiger partial charge in [0.2, 0.25) is 5.54 Å². The lowest BCUT2D eigenvalue weighted by Gasteiger charge is -2.40. The molecule has 1 aliphatic heterocycles. The zero-order chi connectivity index (χ0) is 13.3. The molecule has 0 spiro atoms. The second kappa shape index (κ2) is 4.81. The van der Waals surface area contributed by atoms with Crippen molar-refractivity contribution in [2.75, 3.05) is 6.54 Å². The molecule has 0 aromatic carbocycles. The fourth-order valence-electron chi connectivity index (χ4n) is 2.18. The third-order valence-electron chi connectivity index (χ3n) is 3.46. The van der Waals surface area contributed by atoms with Crippen LogP contribution in [0.3, 0.4) is 0 Å². The van der Waals surface area contributed by atoms with Crippen LogP contribution in [0.25, 0.3) is 0 Å². The summed E-state index contributed by atoms with van der Waals surface area (Å²) in [5.74, 6) is -1.94. The fourth-order valence-corrected chi connectivity index (χ4v) is 2.18. The second-order valence-corrected chi connectivity index (χ2v) is 4.48. The standard InChI is InChI=1S/C10H17F3N2O2/c1-2-6-3-4-15-7(5-6)9(14,8(16)17)10(11,12)13/h6-7,15H,2-5,14H2,1H3,(H,16,17). The molecule has 0 bridgehead atoms. The van der Waals surface area contributed by atoms with Gasteiger partial charge in [-0.15, -0.1) is 0 Å². The molecule has 0 aliphatic carbocycles. The molecule has 1 heterocycles. The Morgan fingerprint density at radius 2 is 2.12 bits per heavy atom. The van der Waals surface area contributed by atoms with E-state index >= 15 is 0 Å². The van der Waals surface area contributed by atoms with Crippen LogP contribution in [-0.2, 0) is 4.79 Å². The highest BCUT2D eigenvalue weighted by Gasteiger charge is 2.63. The molecule has 4 N–H and O–H groups in total. The number of halogens is 3. The van der Waals surface area contributed by atoms with Crippen LogP contribution in [-0.4, -0.2) is 35.4 Å². The number of carbonyl (C=O) groups is 1. The summed E-state index contributed by atoms with van der Waals surface area (Å²) in [5.41, 5.74) is 1.91. The van der Waals surface area contributed by atoms with Crippen molar-refractivity contribution in [2.45, 2.75) is 43.9 Å². The van der Waals surface area contributed by atoms with Crippen molar-refractivity contribution in [1.82, 2.24) is 5.32 Å². The molecule has 4 nitrogen and oxygen atoms in total. The Kier molecular flexibility index (Phi) is 4.03. The molecular weight excluding hydrogens is 237 g/mol. The summed E-state index contributed by atoms with van der Waals surface area (Å²) in [4.78, 5) is 10.9. The smallest absolute Gasteiger partial charge is 0.418 e. The van der Waals surface area contributed by atoms with Gasteiger partial charge < -0.3 is 16.2 Å². The van der Waals surface area contributed by atoms with Crippen LogP contribution in [0.5, 0.6) is 0 Å². The zero-order valence-electron chi connectivity index (χ0n) is 9.55. The van der Waals surface area contributed by atoms with Crippen LogP contribution in [0.15, 0.2) is 0 Å². The third-order valence-corrected chi connectivity index (χ3v) is 3.46. The molecule has 0 saturated carbocycles. The molecule has 0 amide bonds. The SMILES string of the molecule is CCC1CCNC(C(N)(C(=O)O)C(F)(F)F)C1. The monoisotopic (exact) mass is 254 g/mol. The highest BCUT2D eigenvalue weighted by atomic mass is 19.4. The second-order valence-electron chi connectivity index (χ2n) is 4.48. The summed E-state index contributed by atoms with van der Waals surface area (Å²) >= 11 is 0. The van der Waals surface area contributed by atoms with Gasteiger partial charge in [-0.05, 0) is 25.3 Å². The van der Waals surface area contributed by atoms with E-state index in [1.165, 1.54) is 0 Å². The first kappa shape index (κ1) is 14.2. The molecule has 3 unspecified atom stereocenters. The van der Waals surface area contributed by atoms with E-state index in [0.29, 0.717) is 6.54 Å². The molecule has 1 aliphatic rings. The van der Waals surface area contributed by atoms with Crippen LogP contribution in [0.4, 0.5) is 13.2 Å². The zero-order valence-corrected chi connectivity index (χ0v) is 9.55. The number of hydrogen-bond acceptors (Lipinski definition) is 3. The van der Waals surface area contributed by atoms with Gasteiger partial charge in [-0.25, -0.2) is 4.79 Å². The Morgan fingerprint density at radius 3 is 2.53 bits per heavy atom. The minimum Gasteiger partial charge on any atom is -0.480 e. The van der Waals surface area contributed by atoms with Crippen molar-refractivity contribution >= 4 is 5.97 Å². The van der Waals surface area contributed by atoms with Crippen LogP contribution in [0.2, 0.25) is 0 Å². The first-order valence-electron chi connectivity index (χ1n) is 5.55. The summed E-state index contributed by atoms with van der Waals surface area (Å²) in [5, 5.41) is 11.4. The normalized spacial score (nSPS) is 29.7. The summed E-state index contributed by atoms with van der Waals surface area (Å²) in [6.45, 7) is 2.24. The number of alkyl halides is 3. The number of carboxylic acid groups (broad SMARTS) is 1. The highest BCUT2D eigenvalue weighted by Crippen LogP contribution is 2.36. The molecule has 17 heavy (non-hydrogen) atoms. The lowest BCUT2D eigenvalue weighted by molar-refractivity contribution is -0.210. The molecule has 0 radical (unpaired) electrons. The average Bonchev–Trinajstić information content (AvgIpc) is 2.26. The number of rotatable bonds is 3. The molecule has 1 fully saturated rings. The van der Waals surface area contributed by atoms with E-state index in [2.05, 4.69) is 5.32 Å². The predicted octanol–water partition coefficient (Wildman–Crippen LogP) is 1.11. The fraction of sp³-hybridized carbons (Fsp3) is 0.900. The summed E-state index contributed by atoms with van der Waals surface area (Å²) in [7, 11) is 0. The van der Waals surface area contributed by atoms with Gasteiger partial charge in [-0.3, -0.25) is 0 Å². The van der Waals surface area contributed by atoms with Gasteiger partial charge in [0, 0.05) is 6.04 Å². The van der Waals surface area contributed by atoms with Crippen LogP contribution < -0.4 is 11.1 Å². The number of aliphatic carboxylic acids is 1. The van der Waals surface area contributed by atoms with Gasteiger partial charge in [0.05, 0.1) is 0 Å². The van der Waals surface area contributed by atoms with E-state index in [1.807, 2.05) is 6.92 Å². The Morgan fingerprint density at radius 1 is 1.53 bits per heavy atom. The minimum atomic E-state index is -4.97. The van der Waals surface area contributed by atoms with E-state index in [4.69, 9.17) is 10.8 Å². The molecular formula is C10H17F3N2O2. The molecule has 0 aromatic rings. The Balaban J connectivity index is 2.96. The van der Waals surface area contributed by atoms with E-state index in [9.17, 15) is 18.0 Å². The van der Waals surface area contributed by atoms with E-state index in [0.717, 1.165) is 12.8 Å². The number of nitrogens with one attached hydrogen (secondary N) is 1. The van der Waals surface area contributed by atoms with Crippen molar-refractivity contribution in [3.63, 3.8) is 0 Å². The molecule has 1 saturated heterocycles. The highest BCUT2D eigenvalue weighted by molar-refractivity contribution is 5.81. The van der Waals surface area contributed by atoms with Crippen molar-refractivity contribution < 1.29 is 23.1 Å². The van der Waals surface area contributed by atoms with E-state index in [-0.39, 0.29) is 12.3 Å². The molecule has 7 heteroatoms. The first-order valence-corrected chi connectivity index (χ1v) is 5.55. The van der Waals surface area contributed by atoms with Gasteiger partial charge in [0.15, 0.2) is 0 Å². The van der Waals surface area contributed by atoms with Crippen molar-refractivity contribution in [1.29, 1.82) is 0 Å². The van der Waals surface area contributed by atoms with Crippen molar-refractivity contribution in [3.05, 3.63) is 0 Å². The maximum atomic E-state index is 12.8. The van der Waals surface area contributed by atoms with E-state index in [1.54, 1.807) is 0 Å². The predicted molar refractivity (Wildman–Crippen MR) is 55.4 cm³/mol. The first-order chi connectivity index (χ1) is 7.73. The Bertz CT molecular complexity index is 296. The minimum absolute atomic E-state index is 0.0888. The number of hydrogen-bond donors (Lipinski definition) is 3. The third kappa shape index (κ3) is 2.55. The summed E-state index contributed by atoms with van der Waals surface area (Å²) < 4.78 is 38.5. The molecule has 0 aromatic heterocycles. The maximum Gasteiger partial charge on any atom is 0.418 e. The largest absolute Gasteiger partial charge is 0.480 e. The topological polar surface area (TPSA) is 75.3 Å². The number of carboxylic acids is 1. The lowest BCUT2D eigenvalue weighted by atomic mass is 9.79. The summed E-state index contributed by atoms with van der Waals surface area (Å²) in [6.07, 6.45) is -3.35. The number of nitrogens with two attached hydrogens (primary N) is 1. The van der Waals surface area contributed by atoms with Crippen LogP contribution in [0, 0.1) is 5.92 Å². The van der Waals surface area contributed by atoms with Crippen molar-refractivity contribution in [3.8, 4) is 0 Å². The Hall–Kier alpha value is -0.820. The quantitative estimate of drug-likeness (QED) is 0.705. The summed E-state index contributed by atoms with van der Waals surface area (Å²) in [6, 6.07) is -1.27. The van der Waals surface area contributed by atoms with Crippen LogP contribution in [0.1, 0.15) is 26.2 Å². The van der Waals surface area contributed by atoms with Gasteiger partial charge in [-0.1, -0.05) is 13.3 Å². The van der Waals surface area contributed by atoms with Gasteiger partial charge >= 0.3 is 12.1 Å². The molecule has 1 rings (SSSR count). The van der Waals surface area contributed by atoms with Gasteiger partial charge in [-0.2, -0.15) is 13.2 Å². The number of piperidine rings is 1. The van der Waals surface area contributed by atoms with Gasteiger partial charge in [0.1, 0.15) is 0 Å². The van der Waals surface area contributed by atoms with Gasteiger partial charge in [0.25, 0.3) is 0 Å². The van der Waals surface area contributed by atoms with Crippen molar-refractivity contribution in [2.24, 2.45) is 11.7 Å². The Labute approximate surface area is 97.4 Å².